The Morgan fingerprint density at radius 3 is 2.83 bits per heavy atom. The summed E-state index contributed by atoms with van der Waals surface area (Å²) in [5, 5.41) is 16.3. The second-order valence-electron chi connectivity index (χ2n) is 3.86. The van der Waals surface area contributed by atoms with Crippen LogP contribution in [0, 0.1) is 5.82 Å². The van der Waals surface area contributed by atoms with Crippen molar-refractivity contribution < 1.29 is 14.3 Å². The summed E-state index contributed by atoms with van der Waals surface area (Å²) in [6.07, 6.45) is 0.597. The Balaban J connectivity index is 2.17. The summed E-state index contributed by atoms with van der Waals surface area (Å²) in [5.41, 5.74) is 0.463. The first-order valence-corrected chi connectivity index (χ1v) is 6.36. The summed E-state index contributed by atoms with van der Waals surface area (Å²) in [4.78, 5) is 10.2. The maximum Gasteiger partial charge on any atom is 0.352 e. The molecule has 2 rings (SSSR count). The van der Waals surface area contributed by atoms with E-state index < -0.39 is 11.0 Å². The van der Waals surface area contributed by atoms with Gasteiger partial charge in [0.1, 0.15) is 11.5 Å². The lowest BCUT2D eigenvalue weighted by atomic mass is 10.2. The second kappa shape index (κ2) is 4.89. The molecule has 96 valence electrons. The van der Waals surface area contributed by atoms with Crippen molar-refractivity contribution in [1.82, 2.24) is 5.32 Å². The highest BCUT2D eigenvalue weighted by Crippen LogP contribution is 2.36. The highest BCUT2D eigenvalue weighted by molar-refractivity contribution is 8.03. The van der Waals surface area contributed by atoms with Gasteiger partial charge in [-0.15, -0.1) is 0 Å². The molecule has 1 aromatic carbocycles. The van der Waals surface area contributed by atoms with Crippen molar-refractivity contribution in [1.29, 1.82) is 0 Å². The maximum absolute atomic E-state index is 13.6. The number of rotatable bonds is 4. The van der Waals surface area contributed by atoms with Crippen molar-refractivity contribution in [3.63, 3.8) is 0 Å². The van der Waals surface area contributed by atoms with Gasteiger partial charge in [-0.25, -0.2) is 9.18 Å². The van der Waals surface area contributed by atoms with E-state index in [1.807, 2.05) is 6.92 Å². The number of hydrogen-bond acceptors (Lipinski definition) is 4. The monoisotopic (exact) mass is 268 g/mol. The number of nitrogens with one attached hydrogen (secondary N) is 2. The van der Waals surface area contributed by atoms with E-state index in [2.05, 4.69) is 10.6 Å². The number of hydrogen-bond donors (Lipinski definition) is 3. The predicted molar refractivity (Wildman–Crippen MR) is 69.5 cm³/mol. The molecule has 0 amide bonds. The number of carboxylic acid groups (broad SMARTS) is 1. The van der Waals surface area contributed by atoms with Gasteiger partial charge in [-0.1, -0.05) is 30.8 Å². The number of thioether (sulfide) groups is 1. The lowest BCUT2D eigenvalue weighted by molar-refractivity contribution is -0.133. The fraction of sp³-hybridized carbons (Fsp3) is 0.250. The average molecular weight is 268 g/mol. The molecule has 3 N–H and O–H groups in total. The lowest BCUT2D eigenvalue weighted by Crippen LogP contribution is -2.46. The van der Waals surface area contributed by atoms with Gasteiger partial charge in [-0.3, -0.25) is 0 Å². The first kappa shape index (κ1) is 12.8. The number of para-hydroxylation sites is 1. The SMILES string of the molecule is CCC1(Nc2ccccc2F)NC(C(=O)O)=CS1. The van der Waals surface area contributed by atoms with Crippen molar-refractivity contribution in [2.24, 2.45) is 0 Å². The van der Waals surface area contributed by atoms with Crippen molar-refractivity contribution in [2.45, 2.75) is 18.3 Å². The van der Waals surface area contributed by atoms with Gasteiger partial charge >= 0.3 is 5.97 Å². The van der Waals surface area contributed by atoms with E-state index in [0.717, 1.165) is 0 Å². The van der Waals surface area contributed by atoms with Crippen molar-refractivity contribution in [3.05, 3.63) is 41.2 Å². The molecule has 0 aliphatic carbocycles. The molecule has 0 saturated heterocycles. The number of benzene rings is 1. The van der Waals surface area contributed by atoms with Crippen molar-refractivity contribution >= 4 is 23.4 Å². The zero-order valence-electron chi connectivity index (χ0n) is 9.74. The number of carbonyl (C=O) groups is 1. The minimum Gasteiger partial charge on any atom is -0.477 e. The van der Waals surface area contributed by atoms with Crippen LogP contribution in [0.5, 0.6) is 0 Å². The summed E-state index contributed by atoms with van der Waals surface area (Å²) in [7, 11) is 0. The van der Waals surface area contributed by atoms with Crippen molar-refractivity contribution in [3.8, 4) is 0 Å². The average Bonchev–Trinajstić information content (AvgIpc) is 2.77. The van der Waals surface area contributed by atoms with Gasteiger partial charge < -0.3 is 15.7 Å². The highest BCUT2D eigenvalue weighted by atomic mass is 32.2. The third-order valence-electron chi connectivity index (χ3n) is 2.65. The van der Waals surface area contributed by atoms with Crippen LogP contribution in [0.4, 0.5) is 10.1 Å². The quantitative estimate of drug-likeness (QED) is 0.783. The molecule has 6 heteroatoms. The van der Waals surface area contributed by atoms with Crippen LogP contribution in [-0.4, -0.2) is 16.1 Å². The molecule has 1 aliphatic rings. The van der Waals surface area contributed by atoms with Crippen LogP contribution in [0.15, 0.2) is 35.4 Å². The first-order valence-electron chi connectivity index (χ1n) is 5.48. The van der Waals surface area contributed by atoms with E-state index in [0.29, 0.717) is 12.1 Å². The molecule has 1 unspecified atom stereocenters. The fourth-order valence-electron chi connectivity index (χ4n) is 1.64. The molecule has 1 atom stereocenters. The number of aliphatic carboxylic acids is 1. The van der Waals surface area contributed by atoms with Crippen molar-refractivity contribution in [2.75, 3.05) is 5.32 Å². The van der Waals surface area contributed by atoms with Gasteiger partial charge in [0.25, 0.3) is 0 Å². The summed E-state index contributed by atoms with van der Waals surface area (Å²) in [6.45, 7) is 1.90. The van der Waals surface area contributed by atoms with Crippen LogP contribution >= 0.6 is 11.8 Å². The minimum absolute atomic E-state index is 0.116. The van der Waals surface area contributed by atoms with Crippen LogP contribution in [0.3, 0.4) is 0 Å². The maximum atomic E-state index is 13.6. The molecule has 0 aromatic heterocycles. The highest BCUT2D eigenvalue weighted by Gasteiger charge is 2.35. The van der Waals surface area contributed by atoms with Gasteiger partial charge in [0.2, 0.25) is 0 Å². The van der Waals surface area contributed by atoms with Gasteiger partial charge in [0, 0.05) is 5.41 Å². The Labute approximate surface area is 108 Å². The van der Waals surface area contributed by atoms with Crippen LogP contribution in [0.25, 0.3) is 0 Å². The molecule has 1 aromatic rings. The molecule has 0 fully saturated rings. The topological polar surface area (TPSA) is 61.4 Å². The lowest BCUT2D eigenvalue weighted by Gasteiger charge is -2.30. The van der Waals surface area contributed by atoms with E-state index in [9.17, 15) is 9.18 Å². The molecule has 1 aliphatic heterocycles. The summed E-state index contributed by atoms with van der Waals surface area (Å²) in [6, 6.07) is 6.31. The Hall–Kier alpha value is -1.69. The standard InChI is InChI=1S/C12H13FN2O2S/c1-2-12(15-10(7-18-12)11(16)17)14-9-6-4-3-5-8(9)13/h3-7,14-15H,2H2,1H3,(H,16,17). The van der Waals surface area contributed by atoms with Crippen LogP contribution in [-0.2, 0) is 4.79 Å². The van der Waals surface area contributed by atoms with Gasteiger partial charge in [0.05, 0.1) is 5.69 Å². The molecule has 0 saturated carbocycles. The van der Waals surface area contributed by atoms with E-state index in [-0.39, 0.29) is 11.5 Å². The molecule has 0 spiro atoms. The fourth-order valence-corrected chi connectivity index (χ4v) is 2.62. The zero-order valence-corrected chi connectivity index (χ0v) is 10.6. The number of halogens is 1. The Bertz CT molecular complexity index is 507. The van der Waals surface area contributed by atoms with E-state index in [4.69, 9.17) is 5.11 Å². The summed E-state index contributed by atoms with van der Waals surface area (Å²) < 4.78 is 13.6. The molecular formula is C12H13FN2O2S. The summed E-state index contributed by atoms with van der Waals surface area (Å²) in [5.74, 6) is -1.38. The molecule has 0 radical (unpaired) electrons. The Morgan fingerprint density at radius 2 is 2.28 bits per heavy atom. The third kappa shape index (κ3) is 2.43. The Morgan fingerprint density at radius 1 is 1.56 bits per heavy atom. The predicted octanol–water partition coefficient (Wildman–Crippen LogP) is 2.56. The summed E-state index contributed by atoms with van der Waals surface area (Å²) >= 11 is 1.30. The van der Waals surface area contributed by atoms with Crippen LogP contribution in [0.1, 0.15) is 13.3 Å². The normalized spacial score (nSPS) is 22.2. The zero-order chi connectivity index (χ0) is 13.2. The van der Waals surface area contributed by atoms with Gasteiger partial charge in [-0.05, 0) is 18.6 Å². The van der Waals surface area contributed by atoms with Gasteiger partial charge in [-0.2, -0.15) is 0 Å². The molecule has 4 nitrogen and oxygen atoms in total. The molecular weight excluding hydrogens is 255 g/mol. The van der Waals surface area contributed by atoms with E-state index in [1.165, 1.54) is 23.2 Å². The minimum atomic E-state index is -1.02. The van der Waals surface area contributed by atoms with Gasteiger partial charge in [0.15, 0.2) is 4.99 Å². The Kier molecular flexibility index (Phi) is 3.47. The van der Waals surface area contributed by atoms with E-state index >= 15 is 0 Å². The van der Waals surface area contributed by atoms with Crippen LogP contribution in [0.2, 0.25) is 0 Å². The molecule has 1 heterocycles. The largest absolute Gasteiger partial charge is 0.477 e. The smallest absolute Gasteiger partial charge is 0.352 e. The molecule has 0 bridgehead atoms. The first-order chi connectivity index (χ1) is 8.56. The van der Waals surface area contributed by atoms with E-state index in [1.54, 1.807) is 18.2 Å². The second-order valence-corrected chi connectivity index (χ2v) is 5.03. The number of carboxylic acids is 1. The number of anilines is 1. The van der Waals surface area contributed by atoms with Crippen LogP contribution < -0.4 is 10.6 Å². The molecule has 18 heavy (non-hydrogen) atoms. The third-order valence-corrected chi connectivity index (χ3v) is 3.90.